The van der Waals surface area contributed by atoms with Gasteiger partial charge >= 0.3 is 0 Å². The highest BCUT2D eigenvalue weighted by Crippen LogP contribution is 2.40. The smallest absolute Gasteiger partial charge is 0.291 e. The molecule has 152 valence electrons. The third-order valence-electron chi connectivity index (χ3n) is 5.38. The van der Waals surface area contributed by atoms with Crippen LogP contribution in [0.2, 0.25) is 0 Å². The summed E-state index contributed by atoms with van der Waals surface area (Å²) in [6.45, 7) is 5.30. The average molecular weight is 393 g/mol. The number of aromatic nitrogens is 2. The van der Waals surface area contributed by atoms with Crippen molar-refractivity contribution in [3.05, 3.63) is 53.1 Å². The molecule has 1 aliphatic rings. The number of nitrogens with one attached hydrogen (secondary N) is 2. The fourth-order valence-electron chi connectivity index (χ4n) is 3.54. The largest absolute Gasteiger partial charge is 0.385 e. The maximum absolute atomic E-state index is 12.6. The number of imidazole rings is 1. The van der Waals surface area contributed by atoms with Gasteiger partial charge in [0.05, 0.1) is 6.20 Å². The quantitative estimate of drug-likeness (QED) is 0.668. The first kappa shape index (κ1) is 20.8. The molecule has 0 radical (unpaired) electrons. The molecule has 1 heterocycles. The molecule has 0 saturated heterocycles. The number of nitrogens with zero attached hydrogens (tertiary/aromatic N) is 2. The monoisotopic (exact) mass is 392 g/mol. The minimum Gasteiger partial charge on any atom is -0.385 e. The van der Waals surface area contributed by atoms with Gasteiger partial charge in [0.15, 0.2) is 5.82 Å². The first-order chi connectivity index (χ1) is 13.9. The predicted molar refractivity (Wildman–Crippen MR) is 114 cm³/mol. The second-order valence-corrected chi connectivity index (χ2v) is 8.29. The maximum Gasteiger partial charge on any atom is 0.291 e. The van der Waals surface area contributed by atoms with E-state index >= 15 is 0 Å². The van der Waals surface area contributed by atoms with Crippen LogP contribution < -0.4 is 5.32 Å². The third kappa shape index (κ3) is 5.33. The lowest BCUT2D eigenvalue weighted by Crippen LogP contribution is -2.17. The van der Waals surface area contributed by atoms with Crippen LogP contribution >= 0.6 is 0 Å². The zero-order chi connectivity index (χ0) is 20.9. The SMILES string of the molecule is COCCCc1ccc(NC(=O)c2ncc(C#N)[nH]2)c(C2=CCC(C)(C)CC2)c1. The standard InChI is InChI=1S/C23H28N4O2/c1-23(2)10-8-17(9-11-23)19-13-16(5-4-12-29-3)6-7-20(19)27-22(28)21-25-15-18(14-24)26-21/h6-8,13,15H,4-5,9-12H2,1-3H3,(H,25,26)(H,27,28). The molecule has 6 nitrogen and oxygen atoms in total. The fraction of sp³-hybridized carbons (Fsp3) is 0.435. The number of amides is 1. The van der Waals surface area contributed by atoms with Crippen LogP contribution in [-0.2, 0) is 11.2 Å². The van der Waals surface area contributed by atoms with E-state index in [4.69, 9.17) is 10.00 Å². The Morgan fingerprint density at radius 3 is 2.90 bits per heavy atom. The van der Waals surface area contributed by atoms with Crippen LogP contribution in [0.1, 0.15) is 67.0 Å². The number of hydrogen-bond donors (Lipinski definition) is 2. The Hall–Kier alpha value is -2.91. The van der Waals surface area contributed by atoms with Gasteiger partial charge in [-0.3, -0.25) is 4.79 Å². The van der Waals surface area contributed by atoms with Crippen LogP contribution in [0.25, 0.3) is 5.57 Å². The zero-order valence-corrected chi connectivity index (χ0v) is 17.3. The van der Waals surface area contributed by atoms with E-state index in [1.165, 1.54) is 17.3 Å². The van der Waals surface area contributed by atoms with E-state index in [0.717, 1.165) is 50.0 Å². The first-order valence-corrected chi connectivity index (χ1v) is 9.99. The van der Waals surface area contributed by atoms with E-state index in [2.05, 4.69) is 41.3 Å². The molecule has 3 rings (SSSR count). The Kier molecular flexibility index (Phi) is 6.50. The third-order valence-corrected chi connectivity index (χ3v) is 5.38. The summed E-state index contributed by atoms with van der Waals surface area (Å²) in [5, 5.41) is 11.9. The topological polar surface area (TPSA) is 90.8 Å². The van der Waals surface area contributed by atoms with Crippen molar-refractivity contribution in [1.82, 2.24) is 9.97 Å². The second kappa shape index (κ2) is 9.06. The molecular weight excluding hydrogens is 364 g/mol. The van der Waals surface area contributed by atoms with Crippen LogP contribution in [0, 0.1) is 16.7 Å². The number of allylic oxidation sites excluding steroid dienone is 2. The van der Waals surface area contributed by atoms with E-state index < -0.39 is 0 Å². The van der Waals surface area contributed by atoms with Crippen LogP contribution in [0.15, 0.2) is 30.5 Å². The highest BCUT2D eigenvalue weighted by molar-refractivity contribution is 6.03. The van der Waals surface area contributed by atoms with E-state index in [1.54, 1.807) is 7.11 Å². The number of carbonyl (C=O) groups excluding carboxylic acids is 1. The number of anilines is 1. The molecule has 1 aliphatic carbocycles. The molecule has 0 aliphatic heterocycles. The number of carbonyl (C=O) groups is 1. The van der Waals surface area contributed by atoms with Gasteiger partial charge in [-0.15, -0.1) is 0 Å². The molecule has 1 aromatic heterocycles. The highest BCUT2D eigenvalue weighted by atomic mass is 16.5. The predicted octanol–water partition coefficient (Wildman–Crippen LogP) is 4.71. The van der Waals surface area contributed by atoms with E-state index in [1.807, 2.05) is 18.2 Å². The van der Waals surface area contributed by atoms with Crippen molar-refractivity contribution < 1.29 is 9.53 Å². The van der Waals surface area contributed by atoms with Crippen molar-refractivity contribution >= 4 is 17.2 Å². The average Bonchev–Trinajstić information content (AvgIpc) is 3.19. The van der Waals surface area contributed by atoms with E-state index in [0.29, 0.717) is 5.41 Å². The number of hydrogen-bond acceptors (Lipinski definition) is 4. The van der Waals surface area contributed by atoms with Gasteiger partial charge in [0.25, 0.3) is 5.91 Å². The summed E-state index contributed by atoms with van der Waals surface area (Å²) in [5.41, 5.74) is 4.91. The number of ether oxygens (including phenoxy) is 1. The molecule has 0 spiro atoms. The molecule has 29 heavy (non-hydrogen) atoms. The van der Waals surface area contributed by atoms with Gasteiger partial charge in [-0.05, 0) is 60.8 Å². The van der Waals surface area contributed by atoms with E-state index in [9.17, 15) is 4.79 Å². The van der Waals surface area contributed by atoms with Crippen LogP contribution in [0.4, 0.5) is 5.69 Å². The fourth-order valence-corrected chi connectivity index (χ4v) is 3.54. The lowest BCUT2D eigenvalue weighted by atomic mass is 9.76. The Morgan fingerprint density at radius 1 is 1.41 bits per heavy atom. The van der Waals surface area contributed by atoms with Crippen LogP contribution in [0.3, 0.4) is 0 Å². The Bertz CT molecular complexity index is 950. The Labute approximate surface area is 172 Å². The Balaban J connectivity index is 1.87. The van der Waals surface area contributed by atoms with Crippen molar-refractivity contribution in [3.8, 4) is 6.07 Å². The lowest BCUT2D eigenvalue weighted by Gasteiger charge is -2.29. The maximum atomic E-state index is 12.6. The molecule has 0 unspecified atom stereocenters. The number of H-pyrrole nitrogens is 1. The van der Waals surface area contributed by atoms with Crippen molar-refractivity contribution in [2.75, 3.05) is 19.0 Å². The number of benzene rings is 1. The summed E-state index contributed by atoms with van der Waals surface area (Å²) >= 11 is 0. The minimum absolute atomic E-state index is 0.135. The van der Waals surface area contributed by atoms with Crippen molar-refractivity contribution in [2.45, 2.75) is 46.0 Å². The molecule has 0 saturated carbocycles. The number of nitriles is 1. The van der Waals surface area contributed by atoms with Gasteiger partial charge in [-0.25, -0.2) is 4.98 Å². The number of methoxy groups -OCH3 is 1. The minimum atomic E-state index is -0.350. The van der Waals surface area contributed by atoms with Crippen molar-refractivity contribution in [1.29, 1.82) is 5.26 Å². The first-order valence-electron chi connectivity index (χ1n) is 9.99. The molecule has 2 aromatic rings. The van der Waals surface area contributed by atoms with Gasteiger partial charge in [0, 0.05) is 25.0 Å². The Morgan fingerprint density at radius 2 is 2.24 bits per heavy atom. The molecular formula is C23H28N4O2. The van der Waals surface area contributed by atoms with Crippen LogP contribution in [-0.4, -0.2) is 29.6 Å². The van der Waals surface area contributed by atoms with Gasteiger partial charge in [-0.1, -0.05) is 26.0 Å². The number of aryl methyl sites for hydroxylation is 1. The van der Waals surface area contributed by atoms with Gasteiger partial charge in [0.1, 0.15) is 11.8 Å². The van der Waals surface area contributed by atoms with Crippen LogP contribution in [0.5, 0.6) is 0 Å². The van der Waals surface area contributed by atoms with E-state index in [-0.39, 0.29) is 17.4 Å². The normalized spacial score (nSPS) is 15.4. The molecule has 1 aromatic carbocycles. The summed E-state index contributed by atoms with van der Waals surface area (Å²) in [4.78, 5) is 19.3. The summed E-state index contributed by atoms with van der Waals surface area (Å²) < 4.78 is 5.17. The van der Waals surface area contributed by atoms with Crippen molar-refractivity contribution in [3.63, 3.8) is 0 Å². The number of aromatic amines is 1. The summed E-state index contributed by atoms with van der Waals surface area (Å²) in [5.74, 6) is -0.216. The number of rotatable bonds is 7. The zero-order valence-electron chi connectivity index (χ0n) is 17.3. The highest BCUT2D eigenvalue weighted by Gasteiger charge is 2.24. The summed E-state index contributed by atoms with van der Waals surface area (Å²) in [6.07, 6.45) is 8.66. The van der Waals surface area contributed by atoms with Gasteiger partial charge in [-0.2, -0.15) is 5.26 Å². The van der Waals surface area contributed by atoms with Gasteiger partial charge < -0.3 is 15.0 Å². The summed E-state index contributed by atoms with van der Waals surface area (Å²) in [6, 6.07) is 8.14. The summed E-state index contributed by atoms with van der Waals surface area (Å²) in [7, 11) is 1.71. The lowest BCUT2D eigenvalue weighted by molar-refractivity contribution is 0.101. The second-order valence-electron chi connectivity index (χ2n) is 8.29. The molecule has 2 N–H and O–H groups in total. The van der Waals surface area contributed by atoms with Crippen molar-refractivity contribution in [2.24, 2.45) is 5.41 Å². The molecule has 1 amide bonds. The molecule has 0 bridgehead atoms. The molecule has 6 heteroatoms. The molecule has 0 atom stereocenters. The molecule has 0 fully saturated rings. The van der Waals surface area contributed by atoms with Gasteiger partial charge in [0.2, 0.25) is 0 Å².